The molecule has 0 saturated carbocycles. The van der Waals surface area contributed by atoms with Crippen LogP contribution in [0.2, 0.25) is 0 Å². The summed E-state index contributed by atoms with van der Waals surface area (Å²) in [5.41, 5.74) is 0. The highest BCUT2D eigenvalue weighted by Gasteiger charge is 2.30. The van der Waals surface area contributed by atoms with Gasteiger partial charge in [0.25, 0.3) is 0 Å². The van der Waals surface area contributed by atoms with Crippen LogP contribution >= 0.6 is 15.6 Å². The summed E-state index contributed by atoms with van der Waals surface area (Å²) in [7, 11) is -9.91. The first-order chi connectivity index (χ1) is 46.9. The van der Waals surface area contributed by atoms with Crippen molar-refractivity contribution in [3.05, 3.63) is 0 Å². The molecule has 0 amide bonds. The summed E-state index contributed by atoms with van der Waals surface area (Å²) in [5, 5.41) is 10.6. The zero-order chi connectivity index (χ0) is 71.4. The molecule has 0 aromatic heterocycles. The summed E-state index contributed by atoms with van der Waals surface area (Å²) in [4.78, 5) is 72.8. The first-order valence-corrected chi connectivity index (χ1v) is 43.6. The number of carbonyl (C=O) groups is 4. The summed E-state index contributed by atoms with van der Waals surface area (Å²) >= 11 is 0. The van der Waals surface area contributed by atoms with E-state index in [9.17, 15) is 43.2 Å². The topological polar surface area (TPSA) is 237 Å². The highest BCUT2D eigenvalue weighted by Crippen LogP contribution is 2.45. The SMILES string of the molecule is CCCCCCCCCCCCCCCC(=O)O[C@H](COC(=O)CCCCCCCCCC)COP(=O)(O)OC[C@H](O)COP(=O)(O)OC[C@@H](COC(=O)CCCCCCCCCCCCC(C)CC)OC(=O)CCCCCCCCCCCCCCCCCCCCC(C)CC. The van der Waals surface area contributed by atoms with Crippen LogP contribution in [-0.4, -0.2) is 96.7 Å². The number of carbonyl (C=O) groups excluding carboxylic acids is 4. The number of rotatable bonds is 77. The van der Waals surface area contributed by atoms with E-state index in [1.807, 2.05) is 0 Å². The van der Waals surface area contributed by atoms with Crippen molar-refractivity contribution < 1.29 is 80.2 Å². The molecule has 0 spiro atoms. The van der Waals surface area contributed by atoms with Crippen LogP contribution in [0, 0.1) is 11.8 Å². The second-order valence-corrected chi connectivity index (χ2v) is 31.5. The van der Waals surface area contributed by atoms with Crippen molar-refractivity contribution in [3.8, 4) is 0 Å². The number of hydrogen-bond donors (Lipinski definition) is 3. The molecule has 0 aliphatic rings. The van der Waals surface area contributed by atoms with E-state index in [2.05, 4.69) is 41.5 Å². The average molecular weight is 1420 g/mol. The van der Waals surface area contributed by atoms with Crippen LogP contribution in [0.25, 0.3) is 0 Å². The number of phosphoric ester groups is 2. The lowest BCUT2D eigenvalue weighted by atomic mass is 9.99. The molecule has 0 bridgehead atoms. The smallest absolute Gasteiger partial charge is 0.462 e. The maximum atomic E-state index is 13.1. The molecule has 0 aromatic carbocycles. The Labute approximate surface area is 594 Å². The zero-order valence-electron chi connectivity index (χ0n) is 63.4. The van der Waals surface area contributed by atoms with E-state index >= 15 is 0 Å². The van der Waals surface area contributed by atoms with E-state index in [1.165, 1.54) is 218 Å². The van der Waals surface area contributed by atoms with Crippen molar-refractivity contribution in [2.75, 3.05) is 39.6 Å². The molecule has 7 atom stereocenters. The third-order valence-electron chi connectivity index (χ3n) is 18.9. The Morgan fingerprint density at radius 2 is 0.495 bits per heavy atom. The number of phosphoric acid groups is 2. The maximum absolute atomic E-state index is 13.1. The van der Waals surface area contributed by atoms with Crippen LogP contribution in [-0.2, 0) is 65.4 Å². The molecular formula is C78H152O17P2. The van der Waals surface area contributed by atoms with E-state index in [-0.39, 0.29) is 25.7 Å². The Kier molecular flexibility index (Phi) is 68.4. The molecule has 0 aliphatic carbocycles. The Bertz CT molecular complexity index is 1880. The van der Waals surface area contributed by atoms with Gasteiger partial charge in [-0.1, -0.05) is 356 Å². The van der Waals surface area contributed by atoms with Gasteiger partial charge < -0.3 is 33.8 Å². The molecule has 0 aromatic rings. The Balaban J connectivity index is 5.18. The van der Waals surface area contributed by atoms with E-state index in [4.69, 9.17) is 37.0 Å². The van der Waals surface area contributed by atoms with Gasteiger partial charge in [0, 0.05) is 25.7 Å². The Hall–Kier alpha value is -1.94. The van der Waals surface area contributed by atoms with Crippen LogP contribution in [0.1, 0.15) is 408 Å². The first-order valence-electron chi connectivity index (χ1n) is 40.6. The van der Waals surface area contributed by atoms with Gasteiger partial charge in [-0.3, -0.25) is 37.3 Å². The molecule has 0 aliphatic heterocycles. The normalized spacial score (nSPS) is 14.5. The lowest BCUT2D eigenvalue weighted by Crippen LogP contribution is -2.30. The molecule has 576 valence electrons. The van der Waals surface area contributed by atoms with Crippen molar-refractivity contribution in [2.24, 2.45) is 11.8 Å². The van der Waals surface area contributed by atoms with Crippen LogP contribution in [0.3, 0.4) is 0 Å². The summed E-state index contributed by atoms with van der Waals surface area (Å²) in [5.74, 6) is -0.434. The molecule has 0 fully saturated rings. The maximum Gasteiger partial charge on any atom is 0.472 e. The molecule has 0 rings (SSSR count). The first kappa shape index (κ1) is 95.1. The van der Waals surface area contributed by atoms with Crippen molar-refractivity contribution in [1.82, 2.24) is 0 Å². The predicted octanol–water partition coefficient (Wildman–Crippen LogP) is 23.1. The van der Waals surface area contributed by atoms with E-state index in [0.717, 1.165) is 108 Å². The lowest BCUT2D eigenvalue weighted by Gasteiger charge is -2.21. The minimum atomic E-state index is -4.96. The van der Waals surface area contributed by atoms with Crippen LogP contribution in [0.4, 0.5) is 0 Å². The number of esters is 4. The zero-order valence-corrected chi connectivity index (χ0v) is 65.2. The molecule has 3 N–H and O–H groups in total. The Morgan fingerprint density at radius 3 is 0.732 bits per heavy atom. The summed E-state index contributed by atoms with van der Waals surface area (Å²) in [6, 6.07) is 0. The van der Waals surface area contributed by atoms with E-state index in [0.29, 0.717) is 25.7 Å². The predicted molar refractivity (Wildman–Crippen MR) is 395 cm³/mol. The molecule has 17 nitrogen and oxygen atoms in total. The third-order valence-corrected chi connectivity index (χ3v) is 20.8. The van der Waals surface area contributed by atoms with E-state index in [1.54, 1.807) is 0 Å². The van der Waals surface area contributed by atoms with Crippen LogP contribution in [0.15, 0.2) is 0 Å². The van der Waals surface area contributed by atoms with Crippen molar-refractivity contribution in [1.29, 1.82) is 0 Å². The monoisotopic (exact) mass is 1420 g/mol. The van der Waals surface area contributed by atoms with Crippen molar-refractivity contribution in [2.45, 2.75) is 426 Å². The largest absolute Gasteiger partial charge is 0.472 e. The van der Waals surface area contributed by atoms with E-state index < -0.39 is 97.5 Å². The molecule has 0 heterocycles. The fourth-order valence-corrected chi connectivity index (χ4v) is 13.5. The molecule has 97 heavy (non-hydrogen) atoms. The van der Waals surface area contributed by atoms with Gasteiger partial charge in [-0.15, -0.1) is 0 Å². The summed E-state index contributed by atoms with van der Waals surface area (Å²) in [6.07, 6.45) is 58.2. The standard InChI is InChI=1S/C78H152O17P2/c1-7-11-13-15-17-19-20-27-31-38-44-50-56-62-77(82)94-73(66-88-75(80)60-54-48-42-18-16-14-12-8-2)68-92-96(84,85)90-64-72(79)65-91-97(86,87)93-69-74(67-89-76(81)61-55-49-43-37-34-33-36-41-47-53-59-71(6)10-4)95-78(83)63-57-51-45-39-32-29-26-24-22-21-23-25-28-30-35-40-46-52-58-70(5)9-3/h70-74,79H,7-69H2,1-6H3,(H,84,85)(H,86,87)/t70?,71?,72-,73+,74+/m0/s1. The number of ether oxygens (including phenoxy) is 4. The van der Waals surface area contributed by atoms with Gasteiger partial charge in [-0.2, -0.15) is 0 Å². The second kappa shape index (κ2) is 69.8. The quantitative estimate of drug-likeness (QED) is 0.0222. The second-order valence-electron chi connectivity index (χ2n) is 28.6. The minimum absolute atomic E-state index is 0.108. The minimum Gasteiger partial charge on any atom is -0.462 e. The molecule has 0 radical (unpaired) electrons. The fraction of sp³-hybridized carbons (Fsp3) is 0.949. The molecular weight excluding hydrogens is 1270 g/mol. The number of unbranched alkanes of at least 4 members (excludes halogenated alkanes) is 45. The third kappa shape index (κ3) is 69.5. The molecule has 19 heteroatoms. The number of aliphatic hydroxyl groups excluding tert-OH is 1. The van der Waals surface area contributed by atoms with Gasteiger partial charge in [-0.25, -0.2) is 9.13 Å². The Morgan fingerprint density at radius 1 is 0.289 bits per heavy atom. The number of aliphatic hydroxyl groups is 1. The summed E-state index contributed by atoms with van der Waals surface area (Å²) in [6.45, 7) is 9.68. The van der Waals surface area contributed by atoms with Crippen LogP contribution < -0.4 is 0 Å². The molecule has 0 saturated heterocycles. The van der Waals surface area contributed by atoms with Gasteiger partial charge in [0.15, 0.2) is 12.2 Å². The van der Waals surface area contributed by atoms with Gasteiger partial charge in [-0.05, 0) is 37.5 Å². The van der Waals surface area contributed by atoms with Gasteiger partial charge >= 0.3 is 39.5 Å². The van der Waals surface area contributed by atoms with Gasteiger partial charge in [0.2, 0.25) is 0 Å². The van der Waals surface area contributed by atoms with Crippen LogP contribution in [0.5, 0.6) is 0 Å². The average Bonchev–Trinajstić information content (AvgIpc) is 1.07. The van der Waals surface area contributed by atoms with Crippen molar-refractivity contribution >= 4 is 39.5 Å². The summed E-state index contributed by atoms with van der Waals surface area (Å²) < 4.78 is 68.5. The molecule has 4 unspecified atom stereocenters. The highest BCUT2D eigenvalue weighted by molar-refractivity contribution is 7.47. The van der Waals surface area contributed by atoms with Crippen molar-refractivity contribution in [3.63, 3.8) is 0 Å². The number of hydrogen-bond acceptors (Lipinski definition) is 15. The lowest BCUT2D eigenvalue weighted by molar-refractivity contribution is -0.161. The van der Waals surface area contributed by atoms with Gasteiger partial charge in [0.1, 0.15) is 19.3 Å². The highest BCUT2D eigenvalue weighted by atomic mass is 31.2. The van der Waals surface area contributed by atoms with Gasteiger partial charge in [0.05, 0.1) is 26.4 Å². The fourth-order valence-electron chi connectivity index (χ4n) is 11.9.